The van der Waals surface area contributed by atoms with Crippen LogP contribution < -0.4 is 10.2 Å². The Hall–Kier alpha value is -1.55. The third-order valence-corrected chi connectivity index (χ3v) is 3.95. The van der Waals surface area contributed by atoms with Crippen LogP contribution in [0.5, 0.6) is 0 Å². The molecule has 0 fully saturated rings. The van der Waals surface area contributed by atoms with E-state index in [0.29, 0.717) is 0 Å². The Morgan fingerprint density at radius 3 is 2.44 bits per heavy atom. The number of benzene rings is 1. The average molecular weight is 261 g/mol. The highest BCUT2D eigenvalue weighted by Crippen LogP contribution is 2.20. The van der Waals surface area contributed by atoms with Gasteiger partial charge in [-0.3, -0.25) is 0 Å². The Morgan fingerprint density at radius 1 is 1.17 bits per heavy atom. The summed E-state index contributed by atoms with van der Waals surface area (Å²) in [6.07, 6.45) is 4.09. The number of nitrogens with one attached hydrogen (secondary N) is 1. The summed E-state index contributed by atoms with van der Waals surface area (Å²) in [5.74, 6) is 0. The number of aryl methyl sites for hydroxylation is 2. The van der Waals surface area contributed by atoms with Crippen molar-refractivity contribution in [3.63, 3.8) is 0 Å². The molecule has 2 rings (SSSR count). The van der Waals surface area contributed by atoms with Crippen molar-refractivity contribution in [2.45, 2.75) is 12.8 Å². The summed E-state index contributed by atoms with van der Waals surface area (Å²) in [6.45, 7) is 0. The van der Waals surface area contributed by atoms with Gasteiger partial charge in [-0.1, -0.05) is 12.1 Å². The SMILES string of the molecule is CNc1ncc(CCc2ccc(N(C)C)cc2)s1. The van der Waals surface area contributed by atoms with Gasteiger partial charge >= 0.3 is 0 Å². The van der Waals surface area contributed by atoms with Crippen molar-refractivity contribution in [3.05, 3.63) is 40.9 Å². The standard InChI is InChI=1S/C14H19N3S/c1-15-14-16-10-13(18-14)9-6-11-4-7-12(8-5-11)17(2)3/h4-5,7-8,10H,6,9H2,1-3H3,(H,15,16). The maximum Gasteiger partial charge on any atom is 0.182 e. The first-order valence-electron chi connectivity index (χ1n) is 6.08. The number of thiazole rings is 1. The topological polar surface area (TPSA) is 28.2 Å². The largest absolute Gasteiger partial charge is 0.378 e. The predicted molar refractivity (Wildman–Crippen MR) is 79.8 cm³/mol. The van der Waals surface area contributed by atoms with Crippen molar-refractivity contribution in [2.24, 2.45) is 0 Å². The van der Waals surface area contributed by atoms with Gasteiger partial charge in [0.2, 0.25) is 0 Å². The Kier molecular flexibility index (Phi) is 4.20. The summed E-state index contributed by atoms with van der Waals surface area (Å²) in [5, 5.41) is 4.06. The number of hydrogen-bond donors (Lipinski definition) is 1. The van der Waals surface area contributed by atoms with Gasteiger partial charge in [0.15, 0.2) is 5.13 Å². The first-order chi connectivity index (χ1) is 8.69. The Bertz CT molecular complexity index is 488. The monoisotopic (exact) mass is 261 g/mol. The molecule has 96 valence electrons. The molecular formula is C14H19N3S. The lowest BCUT2D eigenvalue weighted by atomic mass is 10.1. The maximum absolute atomic E-state index is 4.29. The zero-order valence-electron chi connectivity index (χ0n) is 11.1. The van der Waals surface area contributed by atoms with Crippen LogP contribution in [0.15, 0.2) is 30.5 Å². The van der Waals surface area contributed by atoms with E-state index in [2.05, 4.69) is 53.6 Å². The predicted octanol–water partition coefficient (Wildman–Crippen LogP) is 3.04. The second kappa shape index (κ2) is 5.87. The summed E-state index contributed by atoms with van der Waals surface area (Å²) < 4.78 is 0. The number of hydrogen-bond acceptors (Lipinski definition) is 4. The highest BCUT2D eigenvalue weighted by molar-refractivity contribution is 7.15. The second-order valence-electron chi connectivity index (χ2n) is 4.44. The third-order valence-electron chi connectivity index (χ3n) is 2.88. The fourth-order valence-electron chi connectivity index (χ4n) is 1.77. The van der Waals surface area contributed by atoms with Crippen LogP contribution in [0.2, 0.25) is 0 Å². The molecule has 18 heavy (non-hydrogen) atoms. The van der Waals surface area contributed by atoms with Crippen LogP contribution in [0.25, 0.3) is 0 Å². The van der Waals surface area contributed by atoms with Crippen LogP contribution in [-0.4, -0.2) is 26.1 Å². The van der Waals surface area contributed by atoms with Gasteiger partial charge in [-0.2, -0.15) is 0 Å². The molecular weight excluding hydrogens is 242 g/mol. The van der Waals surface area contributed by atoms with Crippen LogP contribution in [0.1, 0.15) is 10.4 Å². The molecule has 0 atom stereocenters. The van der Waals surface area contributed by atoms with Gasteiger partial charge in [0.1, 0.15) is 0 Å². The first kappa shape index (κ1) is 12.9. The molecule has 0 saturated heterocycles. The quantitative estimate of drug-likeness (QED) is 0.896. The molecule has 3 nitrogen and oxygen atoms in total. The van der Waals surface area contributed by atoms with E-state index in [4.69, 9.17) is 0 Å². The van der Waals surface area contributed by atoms with Gasteiger partial charge in [0.25, 0.3) is 0 Å². The molecule has 0 aliphatic heterocycles. The number of rotatable bonds is 5. The Balaban J connectivity index is 1.93. The van der Waals surface area contributed by atoms with E-state index in [-0.39, 0.29) is 0 Å². The van der Waals surface area contributed by atoms with Crippen LogP contribution in [0.3, 0.4) is 0 Å². The van der Waals surface area contributed by atoms with Gasteiger partial charge in [0, 0.05) is 37.9 Å². The van der Waals surface area contributed by atoms with Crippen molar-refractivity contribution in [1.29, 1.82) is 0 Å². The van der Waals surface area contributed by atoms with E-state index >= 15 is 0 Å². The van der Waals surface area contributed by atoms with Crippen molar-refractivity contribution < 1.29 is 0 Å². The maximum atomic E-state index is 4.29. The highest BCUT2D eigenvalue weighted by atomic mass is 32.1. The molecule has 1 N–H and O–H groups in total. The van der Waals surface area contributed by atoms with Crippen LogP contribution >= 0.6 is 11.3 Å². The molecule has 1 heterocycles. The molecule has 0 amide bonds. The molecule has 0 radical (unpaired) electrons. The minimum atomic E-state index is 0.993. The second-order valence-corrected chi connectivity index (χ2v) is 5.56. The Labute approximate surface area is 112 Å². The Morgan fingerprint density at radius 2 is 1.89 bits per heavy atom. The summed E-state index contributed by atoms with van der Waals surface area (Å²) in [5.41, 5.74) is 2.62. The molecule has 1 aromatic carbocycles. The lowest BCUT2D eigenvalue weighted by Crippen LogP contribution is -2.08. The highest BCUT2D eigenvalue weighted by Gasteiger charge is 2.01. The van der Waals surface area contributed by atoms with E-state index in [0.717, 1.165) is 18.0 Å². The lowest BCUT2D eigenvalue weighted by Gasteiger charge is -2.12. The minimum absolute atomic E-state index is 0.993. The van der Waals surface area contributed by atoms with Gasteiger partial charge in [-0.15, -0.1) is 11.3 Å². The van der Waals surface area contributed by atoms with E-state index < -0.39 is 0 Å². The summed E-state index contributed by atoms with van der Waals surface area (Å²) >= 11 is 1.73. The van der Waals surface area contributed by atoms with Crippen molar-refractivity contribution in [3.8, 4) is 0 Å². The lowest BCUT2D eigenvalue weighted by molar-refractivity contribution is 0.974. The number of anilines is 2. The zero-order chi connectivity index (χ0) is 13.0. The van der Waals surface area contributed by atoms with Crippen molar-refractivity contribution in [1.82, 2.24) is 4.98 Å². The van der Waals surface area contributed by atoms with Gasteiger partial charge in [-0.05, 0) is 30.5 Å². The number of aromatic nitrogens is 1. The fraction of sp³-hybridized carbons (Fsp3) is 0.357. The van der Waals surface area contributed by atoms with E-state index in [1.54, 1.807) is 11.3 Å². The molecule has 0 saturated carbocycles. The fourth-order valence-corrected chi connectivity index (χ4v) is 2.53. The molecule has 0 bridgehead atoms. The molecule has 0 aliphatic carbocycles. The van der Waals surface area contributed by atoms with E-state index in [9.17, 15) is 0 Å². The molecule has 1 aromatic heterocycles. The van der Waals surface area contributed by atoms with Crippen LogP contribution in [0.4, 0.5) is 10.8 Å². The van der Waals surface area contributed by atoms with E-state index in [1.807, 2.05) is 13.2 Å². The van der Waals surface area contributed by atoms with Gasteiger partial charge in [-0.25, -0.2) is 4.98 Å². The van der Waals surface area contributed by atoms with E-state index in [1.165, 1.54) is 16.1 Å². The third kappa shape index (κ3) is 3.23. The smallest absolute Gasteiger partial charge is 0.182 e. The normalized spacial score (nSPS) is 10.4. The summed E-state index contributed by atoms with van der Waals surface area (Å²) in [7, 11) is 6.03. The molecule has 0 unspecified atom stereocenters. The van der Waals surface area contributed by atoms with Gasteiger partial charge < -0.3 is 10.2 Å². The van der Waals surface area contributed by atoms with Crippen molar-refractivity contribution in [2.75, 3.05) is 31.4 Å². The molecule has 4 heteroatoms. The van der Waals surface area contributed by atoms with Crippen molar-refractivity contribution >= 4 is 22.2 Å². The summed E-state index contributed by atoms with van der Waals surface area (Å²) in [6, 6.07) is 8.74. The van der Waals surface area contributed by atoms with Crippen LogP contribution in [0, 0.1) is 0 Å². The number of nitrogens with zero attached hydrogens (tertiary/aromatic N) is 2. The molecule has 0 spiro atoms. The van der Waals surface area contributed by atoms with Gasteiger partial charge in [0.05, 0.1) is 0 Å². The zero-order valence-corrected chi connectivity index (χ0v) is 11.9. The minimum Gasteiger partial charge on any atom is -0.378 e. The molecule has 2 aromatic rings. The molecule has 0 aliphatic rings. The van der Waals surface area contributed by atoms with Crippen LogP contribution in [-0.2, 0) is 12.8 Å². The average Bonchev–Trinajstić information content (AvgIpc) is 2.85. The summed E-state index contributed by atoms with van der Waals surface area (Å²) in [4.78, 5) is 7.73. The first-order valence-corrected chi connectivity index (χ1v) is 6.89.